The third-order valence-corrected chi connectivity index (χ3v) is 1.87. The molecule has 1 atom stereocenters. The SMILES string of the molecule is CCC(N)Oc1cccc(OC(C)C)c1. The van der Waals surface area contributed by atoms with Gasteiger partial charge in [-0.2, -0.15) is 0 Å². The Morgan fingerprint density at radius 2 is 1.80 bits per heavy atom. The lowest BCUT2D eigenvalue weighted by Gasteiger charge is -2.14. The molecule has 84 valence electrons. The van der Waals surface area contributed by atoms with Gasteiger partial charge in [0.1, 0.15) is 17.7 Å². The minimum Gasteiger partial charge on any atom is -0.491 e. The zero-order valence-electron chi connectivity index (χ0n) is 9.57. The maximum Gasteiger partial charge on any atom is 0.147 e. The fraction of sp³-hybridized carbons (Fsp3) is 0.500. The van der Waals surface area contributed by atoms with Crippen molar-refractivity contribution in [1.29, 1.82) is 0 Å². The van der Waals surface area contributed by atoms with E-state index in [9.17, 15) is 0 Å². The molecule has 0 amide bonds. The Balaban J connectivity index is 2.65. The largest absolute Gasteiger partial charge is 0.491 e. The second kappa shape index (κ2) is 5.61. The molecular weight excluding hydrogens is 190 g/mol. The zero-order chi connectivity index (χ0) is 11.3. The molecule has 0 saturated carbocycles. The smallest absolute Gasteiger partial charge is 0.147 e. The number of hydrogen-bond acceptors (Lipinski definition) is 3. The molecule has 0 radical (unpaired) electrons. The molecule has 1 aromatic carbocycles. The van der Waals surface area contributed by atoms with Gasteiger partial charge in [-0.05, 0) is 32.4 Å². The molecule has 0 bridgehead atoms. The van der Waals surface area contributed by atoms with Crippen molar-refractivity contribution in [2.24, 2.45) is 5.73 Å². The van der Waals surface area contributed by atoms with Crippen LogP contribution in [0.25, 0.3) is 0 Å². The van der Waals surface area contributed by atoms with Gasteiger partial charge >= 0.3 is 0 Å². The first-order valence-corrected chi connectivity index (χ1v) is 5.30. The summed E-state index contributed by atoms with van der Waals surface area (Å²) in [4.78, 5) is 0. The predicted molar refractivity (Wildman–Crippen MR) is 61.1 cm³/mol. The molecule has 15 heavy (non-hydrogen) atoms. The van der Waals surface area contributed by atoms with Crippen molar-refractivity contribution >= 4 is 0 Å². The van der Waals surface area contributed by atoms with Gasteiger partial charge in [0.2, 0.25) is 0 Å². The molecule has 0 heterocycles. The van der Waals surface area contributed by atoms with Gasteiger partial charge in [-0.15, -0.1) is 0 Å². The molecule has 0 aromatic heterocycles. The molecule has 1 aromatic rings. The van der Waals surface area contributed by atoms with Crippen LogP contribution in [0.2, 0.25) is 0 Å². The Morgan fingerprint density at radius 3 is 2.33 bits per heavy atom. The van der Waals surface area contributed by atoms with Crippen molar-refractivity contribution in [1.82, 2.24) is 0 Å². The Morgan fingerprint density at radius 1 is 1.20 bits per heavy atom. The van der Waals surface area contributed by atoms with Crippen LogP contribution in [-0.2, 0) is 0 Å². The molecule has 0 aliphatic heterocycles. The molecule has 1 unspecified atom stereocenters. The van der Waals surface area contributed by atoms with Gasteiger partial charge in [0.05, 0.1) is 6.10 Å². The van der Waals surface area contributed by atoms with Gasteiger partial charge in [-0.25, -0.2) is 0 Å². The van der Waals surface area contributed by atoms with Crippen LogP contribution in [0.5, 0.6) is 11.5 Å². The molecule has 2 N–H and O–H groups in total. The van der Waals surface area contributed by atoms with Gasteiger partial charge in [-0.1, -0.05) is 13.0 Å². The van der Waals surface area contributed by atoms with Crippen LogP contribution in [0.1, 0.15) is 27.2 Å². The standard InChI is InChI=1S/C12H19NO2/c1-4-12(13)15-11-7-5-6-10(8-11)14-9(2)3/h5-9,12H,4,13H2,1-3H3. The van der Waals surface area contributed by atoms with E-state index in [1.54, 1.807) is 0 Å². The highest BCUT2D eigenvalue weighted by Gasteiger charge is 2.03. The van der Waals surface area contributed by atoms with E-state index >= 15 is 0 Å². The molecule has 0 aliphatic rings. The summed E-state index contributed by atoms with van der Waals surface area (Å²) in [6, 6.07) is 7.54. The van der Waals surface area contributed by atoms with Crippen molar-refractivity contribution in [2.45, 2.75) is 39.5 Å². The van der Waals surface area contributed by atoms with E-state index in [1.165, 1.54) is 0 Å². The summed E-state index contributed by atoms with van der Waals surface area (Å²) in [6.45, 7) is 5.97. The van der Waals surface area contributed by atoms with Gasteiger partial charge in [0, 0.05) is 6.07 Å². The third kappa shape index (κ3) is 4.21. The van der Waals surface area contributed by atoms with E-state index in [0.29, 0.717) is 0 Å². The first-order valence-electron chi connectivity index (χ1n) is 5.30. The van der Waals surface area contributed by atoms with E-state index < -0.39 is 0 Å². The molecule has 0 aliphatic carbocycles. The summed E-state index contributed by atoms with van der Waals surface area (Å²) < 4.78 is 11.0. The van der Waals surface area contributed by atoms with Crippen LogP contribution < -0.4 is 15.2 Å². The van der Waals surface area contributed by atoms with E-state index in [1.807, 2.05) is 45.0 Å². The Hall–Kier alpha value is -1.22. The second-order valence-electron chi connectivity index (χ2n) is 3.71. The van der Waals surface area contributed by atoms with Crippen molar-refractivity contribution < 1.29 is 9.47 Å². The average molecular weight is 209 g/mol. The van der Waals surface area contributed by atoms with Crippen LogP contribution in [-0.4, -0.2) is 12.3 Å². The monoisotopic (exact) mass is 209 g/mol. The lowest BCUT2D eigenvalue weighted by Crippen LogP contribution is -2.25. The second-order valence-corrected chi connectivity index (χ2v) is 3.71. The van der Waals surface area contributed by atoms with Crippen molar-refractivity contribution in [3.05, 3.63) is 24.3 Å². The molecule has 0 fully saturated rings. The fourth-order valence-corrected chi connectivity index (χ4v) is 1.15. The summed E-state index contributed by atoms with van der Waals surface area (Å²) in [5.74, 6) is 1.56. The Labute approximate surface area is 91.2 Å². The highest BCUT2D eigenvalue weighted by atomic mass is 16.5. The van der Waals surface area contributed by atoms with Crippen LogP contribution in [0.3, 0.4) is 0 Å². The van der Waals surface area contributed by atoms with Crippen LogP contribution in [0, 0.1) is 0 Å². The topological polar surface area (TPSA) is 44.5 Å². The molecule has 0 saturated heterocycles. The molecule has 3 heteroatoms. The van der Waals surface area contributed by atoms with Crippen LogP contribution >= 0.6 is 0 Å². The minimum absolute atomic E-state index is 0.167. The minimum atomic E-state index is -0.251. The van der Waals surface area contributed by atoms with E-state index in [-0.39, 0.29) is 12.3 Å². The molecular formula is C12H19NO2. The van der Waals surface area contributed by atoms with E-state index in [2.05, 4.69) is 0 Å². The number of ether oxygens (including phenoxy) is 2. The van der Waals surface area contributed by atoms with Crippen molar-refractivity contribution in [2.75, 3.05) is 0 Å². The molecule has 1 rings (SSSR count). The molecule has 3 nitrogen and oxygen atoms in total. The number of nitrogens with two attached hydrogens (primary N) is 1. The lowest BCUT2D eigenvalue weighted by molar-refractivity contribution is 0.201. The Bertz CT molecular complexity index is 299. The highest BCUT2D eigenvalue weighted by molar-refractivity contribution is 5.33. The summed E-state index contributed by atoms with van der Waals surface area (Å²) in [5, 5.41) is 0. The summed E-state index contributed by atoms with van der Waals surface area (Å²) >= 11 is 0. The van der Waals surface area contributed by atoms with Crippen molar-refractivity contribution in [3.8, 4) is 11.5 Å². The normalized spacial score (nSPS) is 12.6. The quantitative estimate of drug-likeness (QED) is 0.758. The highest BCUT2D eigenvalue weighted by Crippen LogP contribution is 2.21. The molecule has 0 spiro atoms. The van der Waals surface area contributed by atoms with Crippen molar-refractivity contribution in [3.63, 3.8) is 0 Å². The van der Waals surface area contributed by atoms with E-state index in [0.717, 1.165) is 17.9 Å². The van der Waals surface area contributed by atoms with Gasteiger partial charge < -0.3 is 9.47 Å². The first-order chi connectivity index (χ1) is 7.11. The number of hydrogen-bond donors (Lipinski definition) is 1. The van der Waals surface area contributed by atoms with Gasteiger partial charge in [0.25, 0.3) is 0 Å². The lowest BCUT2D eigenvalue weighted by atomic mass is 10.3. The summed E-state index contributed by atoms with van der Waals surface area (Å²) in [7, 11) is 0. The summed E-state index contributed by atoms with van der Waals surface area (Å²) in [5.41, 5.74) is 5.69. The predicted octanol–water partition coefficient (Wildman–Crippen LogP) is 2.55. The van der Waals surface area contributed by atoms with Gasteiger partial charge in [-0.3, -0.25) is 5.73 Å². The zero-order valence-corrected chi connectivity index (χ0v) is 9.57. The summed E-state index contributed by atoms with van der Waals surface area (Å²) in [6.07, 6.45) is 0.703. The third-order valence-electron chi connectivity index (χ3n) is 1.87. The van der Waals surface area contributed by atoms with E-state index in [4.69, 9.17) is 15.2 Å². The maximum atomic E-state index is 5.69. The van der Waals surface area contributed by atoms with Crippen LogP contribution in [0.15, 0.2) is 24.3 Å². The maximum absolute atomic E-state index is 5.69. The van der Waals surface area contributed by atoms with Gasteiger partial charge in [0.15, 0.2) is 0 Å². The number of benzene rings is 1. The fourth-order valence-electron chi connectivity index (χ4n) is 1.15. The first kappa shape index (κ1) is 11.9. The average Bonchev–Trinajstić information content (AvgIpc) is 2.17. The van der Waals surface area contributed by atoms with Crippen LogP contribution in [0.4, 0.5) is 0 Å². The number of rotatable bonds is 5. The Kier molecular flexibility index (Phi) is 4.43.